The van der Waals surface area contributed by atoms with Crippen molar-refractivity contribution in [1.82, 2.24) is 0 Å². The molecule has 0 amide bonds. The highest BCUT2D eigenvalue weighted by molar-refractivity contribution is 7.12. The number of benzene rings is 2. The van der Waals surface area contributed by atoms with Gasteiger partial charge in [-0.15, -0.1) is 11.3 Å². The molecule has 0 spiro atoms. The van der Waals surface area contributed by atoms with E-state index in [9.17, 15) is 14.9 Å². The molecule has 1 heterocycles. The molecule has 0 fully saturated rings. The maximum atomic E-state index is 12.1. The topological polar surface area (TPSA) is 78.7 Å². The molecule has 0 atom stereocenters. The molecule has 0 saturated heterocycles. The number of thiophene rings is 1. The van der Waals surface area contributed by atoms with Crippen molar-refractivity contribution in [2.24, 2.45) is 0 Å². The molecule has 1 aromatic heterocycles. The van der Waals surface area contributed by atoms with E-state index in [0.717, 1.165) is 11.1 Å². The average molecular weight is 395 g/mol. The van der Waals surface area contributed by atoms with Gasteiger partial charge in [0.25, 0.3) is 5.69 Å². The van der Waals surface area contributed by atoms with Crippen molar-refractivity contribution in [2.45, 2.75) is 6.61 Å². The summed E-state index contributed by atoms with van der Waals surface area (Å²) < 4.78 is 11.1. The summed E-state index contributed by atoms with van der Waals surface area (Å²) in [6, 6.07) is 15.2. The zero-order valence-electron chi connectivity index (χ0n) is 15.0. The first-order chi connectivity index (χ1) is 13.6. The Labute approximate surface area is 165 Å². The molecule has 0 bridgehead atoms. The summed E-state index contributed by atoms with van der Waals surface area (Å²) in [6.07, 6.45) is 3.25. The summed E-state index contributed by atoms with van der Waals surface area (Å²) in [4.78, 5) is 23.0. The summed E-state index contributed by atoms with van der Waals surface area (Å²) in [6.45, 7) is 0.250. The highest BCUT2D eigenvalue weighted by Crippen LogP contribution is 2.29. The van der Waals surface area contributed by atoms with Crippen LogP contribution in [0.15, 0.2) is 66.1 Å². The van der Waals surface area contributed by atoms with Gasteiger partial charge in [0.2, 0.25) is 0 Å². The van der Waals surface area contributed by atoms with Crippen LogP contribution in [0.2, 0.25) is 0 Å². The molecule has 0 saturated carbocycles. The van der Waals surface area contributed by atoms with Crippen LogP contribution in [0, 0.1) is 10.1 Å². The predicted molar refractivity (Wildman–Crippen MR) is 108 cm³/mol. The van der Waals surface area contributed by atoms with E-state index in [1.165, 1.54) is 29.5 Å². The molecular weight excluding hydrogens is 378 g/mol. The minimum atomic E-state index is -0.441. The molecule has 28 heavy (non-hydrogen) atoms. The minimum absolute atomic E-state index is 0.0366. The lowest BCUT2D eigenvalue weighted by atomic mass is 10.1. The average Bonchev–Trinajstić information content (AvgIpc) is 3.26. The van der Waals surface area contributed by atoms with Gasteiger partial charge < -0.3 is 9.47 Å². The van der Waals surface area contributed by atoms with Crippen molar-refractivity contribution >= 4 is 28.9 Å². The number of ketones is 1. The molecule has 6 nitrogen and oxygen atoms in total. The number of nitrogens with zero attached hydrogens (tertiary/aromatic N) is 1. The molecule has 0 unspecified atom stereocenters. The van der Waals surface area contributed by atoms with Crippen molar-refractivity contribution in [3.8, 4) is 11.5 Å². The van der Waals surface area contributed by atoms with Gasteiger partial charge in [-0.05, 0) is 52.9 Å². The van der Waals surface area contributed by atoms with Crippen LogP contribution in [0.4, 0.5) is 5.69 Å². The number of nitro groups is 1. The van der Waals surface area contributed by atoms with Gasteiger partial charge in [0.05, 0.1) is 16.9 Å². The zero-order valence-corrected chi connectivity index (χ0v) is 15.8. The third-order valence-electron chi connectivity index (χ3n) is 3.92. The Kier molecular flexibility index (Phi) is 6.18. The number of hydrogen-bond donors (Lipinski definition) is 0. The molecule has 0 aliphatic carbocycles. The third kappa shape index (κ3) is 4.83. The number of ether oxygens (including phenoxy) is 2. The van der Waals surface area contributed by atoms with Gasteiger partial charge in [-0.25, -0.2) is 0 Å². The van der Waals surface area contributed by atoms with E-state index < -0.39 is 4.92 Å². The first kappa shape index (κ1) is 19.3. The summed E-state index contributed by atoms with van der Waals surface area (Å²) in [7, 11) is 1.54. The smallest absolute Gasteiger partial charge is 0.269 e. The molecular formula is C21H17NO5S. The van der Waals surface area contributed by atoms with Crippen LogP contribution in [-0.2, 0) is 6.61 Å². The van der Waals surface area contributed by atoms with Gasteiger partial charge in [0.15, 0.2) is 17.3 Å². The van der Waals surface area contributed by atoms with Gasteiger partial charge in [-0.3, -0.25) is 14.9 Å². The Balaban J connectivity index is 1.67. The number of allylic oxidation sites excluding steroid dienone is 1. The maximum absolute atomic E-state index is 12.1. The number of nitro benzene ring substituents is 1. The molecule has 142 valence electrons. The lowest BCUT2D eigenvalue weighted by Gasteiger charge is -2.11. The molecule has 3 aromatic rings. The fourth-order valence-corrected chi connectivity index (χ4v) is 3.10. The van der Waals surface area contributed by atoms with E-state index in [1.54, 1.807) is 43.5 Å². The van der Waals surface area contributed by atoms with E-state index >= 15 is 0 Å². The van der Waals surface area contributed by atoms with Crippen molar-refractivity contribution in [1.29, 1.82) is 0 Å². The Bertz CT molecular complexity index is 994. The van der Waals surface area contributed by atoms with Crippen LogP contribution >= 0.6 is 11.3 Å². The van der Waals surface area contributed by atoms with Crippen LogP contribution in [-0.4, -0.2) is 17.8 Å². The standard InChI is InChI=1S/C21H17NO5S/c1-26-20-13-15(6-10-18(23)21-3-2-12-28-21)7-11-19(20)27-14-16-4-8-17(9-5-16)22(24)25/h2-13H,14H2,1H3/b10-6+. The largest absolute Gasteiger partial charge is 0.493 e. The molecule has 0 radical (unpaired) electrons. The molecule has 2 aromatic carbocycles. The summed E-state index contributed by atoms with van der Waals surface area (Å²) >= 11 is 1.40. The number of methoxy groups -OCH3 is 1. The highest BCUT2D eigenvalue weighted by atomic mass is 32.1. The van der Waals surface area contributed by atoms with Crippen molar-refractivity contribution in [2.75, 3.05) is 7.11 Å². The summed E-state index contributed by atoms with van der Waals surface area (Å²) in [5.41, 5.74) is 1.65. The number of carbonyl (C=O) groups is 1. The number of non-ortho nitro benzene ring substituents is 1. The van der Waals surface area contributed by atoms with Crippen LogP contribution in [0.1, 0.15) is 20.8 Å². The first-order valence-electron chi connectivity index (χ1n) is 8.37. The monoisotopic (exact) mass is 395 g/mol. The number of hydrogen-bond acceptors (Lipinski definition) is 6. The van der Waals surface area contributed by atoms with Crippen molar-refractivity contribution in [3.63, 3.8) is 0 Å². The summed E-state index contributed by atoms with van der Waals surface area (Å²) in [5, 5.41) is 12.6. The van der Waals surface area contributed by atoms with E-state index in [0.29, 0.717) is 16.4 Å². The second-order valence-electron chi connectivity index (χ2n) is 5.80. The lowest BCUT2D eigenvalue weighted by Crippen LogP contribution is -1.98. The van der Waals surface area contributed by atoms with E-state index in [1.807, 2.05) is 17.5 Å². The Morgan fingerprint density at radius 1 is 1.14 bits per heavy atom. The van der Waals surface area contributed by atoms with Gasteiger partial charge in [0.1, 0.15) is 6.61 Å². The number of rotatable bonds is 8. The predicted octanol–water partition coefficient (Wildman–Crippen LogP) is 5.14. The second kappa shape index (κ2) is 8.96. The molecule has 7 heteroatoms. The van der Waals surface area contributed by atoms with Crippen LogP contribution in [0.3, 0.4) is 0 Å². The quantitative estimate of drug-likeness (QED) is 0.228. The Morgan fingerprint density at radius 3 is 2.57 bits per heavy atom. The van der Waals surface area contributed by atoms with E-state index in [-0.39, 0.29) is 18.1 Å². The minimum Gasteiger partial charge on any atom is -0.493 e. The lowest BCUT2D eigenvalue weighted by molar-refractivity contribution is -0.384. The van der Waals surface area contributed by atoms with Crippen LogP contribution in [0.5, 0.6) is 11.5 Å². The van der Waals surface area contributed by atoms with Gasteiger partial charge in [0, 0.05) is 12.1 Å². The normalized spacial score (nSPS) is 10.8. The molecule has 3 rings (SSSR count). The first-order valence-corrected chi connectivity index (χ1v) is 9.25. The number of carbonyl (C=O) groups excluding carboxylic acids is 1. The summed E-state index contributed by atoms with van der Waals surface area (Å²) in [5.74, 6) is 1.03. The highest BCUT2D eigenvalue weighted by Gasteiger charge is 2.08. The van der Waals surface area contributed by atoms with E-state index in [4.69, 9.17) is 9.47 Å². The molecule has 0 N–H and O–H groups in total. The van der Waals surface area contributed by atoms with Crippen LogP contribution < -0.4 is 9.47 Å². The van der Waals surface area contributed by atoms with Gasteiger partial charge in [-0.2, -0.15) is 0 Å². The van der Waals surface area contributed by atoms with Gasteiger partial charge in [-0.1, -0.05) is 18.2 Å². The zero-order chi connectivity index (χ0) is 19.9. The Morgan fingerprint density at radius 2 is 1.93 bits per heavy atom. The van der Waals surface area contributed by atoms with Crippen molar-refractivity contribution < 1.29 is 19.2 Å². The van der Waals surface area contributed by atoms with Crippen LogP contribution in [0.25, 0.3) is 6.08 Å². The van der Waals surface area contributed by atoms with Crippen molar-refractivity contribution in [3.05, 3.63) is 92.2 Å². The molecule has 0 aliphatic heterocycles. The fraction of sp³-hybridized carbons (Fsp3) is 0.0952. The Hall–Kier alpha value is -3.45. The SMILES string of the molecule is COc1cc(/C=C/C(=O)c2cccs2)ccc1OCc1ccc([N+](=O)[O-])cc1. The van der Waals surface area contributed by atoms with Gasteiger partial charge >= 0.3 is 0 Å². The third-order valence-corrected chi connectivity index (χ3v) is 4.80. The molecule has 0 aliphatic rings. The fourth-order valence-electron chi connectivity index (χ4n) is 2.45. The maximum Gasteiger partial charge on any atom is 0.269 e. The van der Waals surface area contributed by atoms with E-state index in [2.05, 4.69) is 0 Å². The second-order valence-corrected chi connectivity index (χ2v) is 6.75.